The van der Waals surface area contributed by atoms with Crippen molar-refractivity contribution in [3.63, 3.8) is 0 Å². The zero-order valence-electron chi connectivity index (χ0n) is 14.3. The van der Waals surface area contributed by atoms with E-state index in [9.17, 15) is 22.8 Å². The van der Waals surface area contributed by atoms with Crippen LogP contribution in [-0.2, 0) is 20.5 Å². The summed E-state index contributed by atoms with van der Waals surface area (Å²) in [5.74, 6) is -1.31. The number of halogens is 3. The van der Waals surface area contributed by atoms with Crippen LogP contribution in [0.25, 0.3) is 6.08 Å². The number of methoxy groups -OCH3 is 1. The van der Waals surface area contributed by atoms with Crippen molar-refractivity contribution in [2.45, 2.75) is 13.1 Å². The van der Waals surface area contributed by atoms with Crippen LogP contribution in [0.5, 0.6) is 0 Å². The lowest BCUT2D eigenvalue weighted by molar-refractivity contribution is -0.137. The topological polar surface area (TPSA) is 46.6 Å². The number of amides is 1. The highest BCUT2D eigenvalue weighted by molar-refractivity contribution is 7.10. The lowest BCUT2D eigenvalue weighted by Crippen LogP contribution is -2.24. The van der Waals surface area contributed by atoms with Crippen LogP contribution >= 0.6 is 11.3 Å². The fourth-order valence-electron chi connectivity index (χ4n) is 2.83. The van der Waals surface area contributed by atoms with E-state index < -0.39 is 23.6 Å². The predicted molar refractivity (Wildman–Crippen MR) is 95.9 cm³/mol. The van der Waals surface area contributed by atoms with Gasteiger partial charge in [-0.1, -0.05) is 12.1 Å². The number of hydrogen-bond acceptors (Lipinski definition) is 4. The molecule has 0 fully saturated rings. The summed E-state index contributed by atoms with van der Waals surface area (Å²) in [7, 11) is 1.18. The van der Waals surface area contributed by atoms with E-state index in [4.69, 9.17) is 4.74 Å². The summed E-state index contributed by atoms with van der Waals surface area (Å²) in [6.45, 7) is 1.50. The van der Waals surface area contributed by atoms with E-state index in [1.54, 1.807) is 12.1 Å². The third-order valence-corrected chi connectivity index (χ3v) is 4.87. The summed E-state index contributed by atoms with van der Waals surface area (Å²) in [5, 5.41) is 1.81. The second-order valence-electron chi connectivity index (χ2n) is 5.71. The van der Waals surface area contributed by atoms with Gasteiger partial charge in [0.2, 0.25) is 0 Å². The van der Waals surface area contributed by atoms with Crippen molar-refractivity contribution < 1.29 is 27.5 Å². The Hall–Kier alpha value is -2.87. The van der Waals surface area contributed by atoms with E-state index in [0.29, 0.717) is 0 Å². The van der Waals surface area contributed by atoms with E-state index in [-0.39, 0.29) is 22.5 Å². The van der Waals surface area contributed by atoms with E-state index in [1.807, 2.05) is 5.38 Å². The molecule has 2 heterocycles. The Bertz CT molecular complexity index is 959. The van der Waals surface area contributed by atoms with Crippen molar-refractivity contribution in [1.29, 1.82) is 0 Å². The summed E-state index contributed by atoms with van der Waals surface area (Å²) in [5.41, 5.74) is -0.513. The molecule has 0 bridgehead atoms. The van der Waals surface area contributed by atoms with Crippen LogP contribution in [0.3, 0.4) is 0 Å². The molecule has 0 unspecified atom stereocenters. The largest absolute Gasteiger partial charge is 0.465 e. The van der Waals surface area contributed by atoms with E-state index in [2.05, 4.69) is 0 Å². The monoisotopic (exact) mass is 393 g/mol. The van der Waals surface area contributed by atoms with Gasteiger partial charge in [0.05, 0.1) is 23.8 Å². The maximum absolute atomic E-state index is 13.0. The second-order valence-corrected chi connectivity index (χ2v) is 6.69. The first-order chi connectivity index (χ1) is 12.7. The van der Waals surface area contributed by atoms with Crippen molar-refractivity contribution in [3.8, 4) is 0 Å². The lowest BCUT2D eigenvalue weighted by Gasteiger charge is -2.19. The Morgan fingerprint density at radius 2 is 1.96 bits per heavy atom. The lowest BCUT2D eigenvalue weighted by atomic mass is 10.1. The standard InChI is InChI=1S/C19H14F3NO3S/c1-11-16(18(25)26-2)15(10-14-7-4-8-27-14)17(24)23(11)13-6-3-5-12(9-13)19(20,21)22/h3-10H,1-2H3/b15-10+. The molecule has 1 aliphatic rings. The van der Waals surface area contributed by atoms with E-state index in [1.165, 1.54) is 43.6 Å². The molecule has 4 nitrogen and oxygen atoms in total. The van der Waals surface area contributed by atoms with Gasteiger partial charge in [-0.15, -0.1) is 11.3 Å². The average molecular weight is 393 g/mol. The molecule has 0 spiro atoms. The van der Waals surface area contributed by atoms with Crippen molar-refractivity contribution >= 4 is 35.0 Å². The number of anilines is 1. The second kappa shape index (κ2) is 7.03. The fraction of sp³-hybridized carbons (Fsp3) is 0.158. The van der Waals surface area contributed by atoms with Crippen LogP contribution in [0.1, 0.15) is 17.4 Å². The van der Waals surface area contributed by atoms with Gasteiger partial charge in [-0.3, -0.25) is 9.69 Å². The maximum Gasteiger partial charge on any atom is 0.416 e. The number of alkyl halides is 3. The van der Waals surface area contributed by atoms with Gasteiger partial charge < -0.3 is 4.74 Å². The third-order valence-electron chi connectivity index (χ3n) is 4.05. The minimum atomic E-state index is -4.54. The summed E-state index contributed by atoms with van der Waals surface area (Å²) in [4.78, 5) is 27.0. The summed E-state index contributed by atoms with van der Waals surface area (Å²) in [6, 6.07) is 7.96. The van der Waals surface area contributed by atoms with Crippen LogP contribution in [0, 0.1) is 0 Å². The number of hydrogen-bond donors (Lipinski definition) is 0. The Labute approximate surface area is 157 Å². The number of nitrogens with zero attached hydrogens (tertiary/aromatic N) is 1. The summed E-state index contributed by atoms with van der Waals surface area (Å²) in [6.07, 6.45) is -3.01. The van der Waals surface area contributed by atoms with Crippen LogP contribution in [0.2, 0.25) is 0 Å². The first-order valence-corrected chi connectivity index (χ1v) is 8.68. The molecule has 1 aromatic heterocycles. The molecule has 0 N–H and O–H groups in total. The highest BCUT2D eigenvalue weighted by Gasteiger charge is 2.39. The predicted octanol–water partition coefficient (Wildman–Crippen LogP) is 4.64. The Morgan fingerprint density at radius 1 is 1.22 bits per heavy atom. The molecular formula is C19H14F3NO3S. The van der Waals surface area contributed by atoms with Gasteiger partial charge in [-0.2, -0.15) is 13.2 Å². The molecule has 2 aromatic rings. The smallest absolute Gasteiger partial charge is 0.416 e. The van der Waals surface area contributed by atoms with Gasteiger partial charge in [0, 0.05) is 16.3 Å². The normalized spacial score (nSPS) is 16.4. The number of ether oxygens (including phenoxy) is 1. The number of thiophene rings is 1. The minimum absolute atomic E-state index is 0.0308. The molecule has 3 rings (SSSR count). The summed E-state index contributed by atoms with van der Waals surface area (Å²) >= 11 is 1.37. The molecule has 140 valence electrons. The molecular weight excluding hydrogens is 379 g/mol. The van der Waals surface area contributed by atoms with Crippen molar-refractivity contribution in [1.82, 2.24) is 0 Å². The molecule has 8 heteroatoms. The fourth-order valence-corrected chi connectivity index (χ4v) is 3.49. The minimum Gasteiger partial charge on any atom is -0.465 e. The molecule has 0 radical (unpaired) electrons. The third kappa shape index (κ3) is 3.52. The molecule has 0 atom stereocenters. The number of carbonyl (C=O) groups excluding carboxylic acids is 2. The van der Waals surface area contributed by atoms with Crippen LogP contribution in [0.4, 0.5) is 18.9 Å². The quantitative estimate of drug-likeness (QED) is 0.564. The SMILES string of the molecule is COC(=O)C1=C(C)N(c2cccc(C(F)(F)F)c2)C(=O)/C1=C/c1cccs1. The Balaban J connectivity index is 2.14. The summed E-state index contributed by atoms with van der Waals surface area (Å²) < 4.78 is 43.9. The molecule has 1 aliphatic heterocycles. The average Bonchev–Trinajstić information content (AvgIpc) is 3.21. The number of allylic oxidation sites excluding steroid dienone is 1. The molecule has 27 heavy (non-hydrogen) atoms. The van der Waals surface area contributed by atoms with Gasteiger partial charge in [0.15, 0.2) is 0 Å². The van der Waals surface area contributed by atoms with Crippen LogP contribution in [0.15, 0.2) is 58.6 Å². The molecule has 1 amide bonds. The van der Waals surface area contributed by atoms with Gasteiger partial charge in [0.1, 0.15) is 0 Å². The molecule has 0 saturated carbocycles. The molecule has 0 saturated heterocycles. The Morgan fingerprint density at radius 3 is 2.56 bits per heavy atom. The van der Waals surface area contributed by atoms with Crippen molar-refractivity contribution in [2.24, 2.45) is 0 Å². The molecule has 1 aromatic carbocycles. The first kappa shape index (κ1) is 18.9. The number of carbonyl (C=O) groups is 2. The van der Waals surface area contributed by atoms with Gasteiger partial charge >= 0.3 is 12.1 Å². The maximum atomic E-state index is 13.0. The van der Waals surface area contributed by atoms with Gasteiger partial charge in [0.25, 0.3) is 5.91 Å². The highest BCUT2D eigenvalue weighted by atomic mass is 32.1. The van der Waals surface area contributed by atoms with Gasteiger partial charge in [-0.05, 0) is 42.6 Å². The van der Waals surface area contributed by atoms with Crippen LogP contribution in [-0.4, -0.2) is 19.0 Å². The number of benzene rings is 1. The Kier molecular flexibility index (Phi) is 4.93. The van der Waals surface area contributed by atoms with Gasteiger partial charge in [-0.25, -0.2) is 4.79 Å². The zero-order chi connectivity index (χ0) is 19.8. The van der Waals surface area contributed by atoms with E-state index in [0.717, 1.165) is 21.9 Å². The van der Waals surface area contributed by atoms with E-state index >= 15 is 0 Å². The van der Waals surface area contributed by atoms with Crippen LogP contribution < -0.4 is 4.90 Å². The number of rotatable bonds is 3. The first-order valence-electron chi connectivity index (χ1n) is 7.80. The molecule has 0 aliphatic carbocycles. The number of esters is 1. The highest BCUT2D eigenvalue weighted by Crippen LogP contribution is 2.38. The van der Waals surface area contributed by atoms with Crippen molar-refractivity contribution in [2.75, 3.05) is 12.0 Å². The zero-order valence-corrected chi connectivity index (χ0v) is 15.1. The van der Waals surface area contributed by atoms with Crippen molar-refractivity contribution in [3.05, 3.63) is 69.1 Å².